The van der Waals surface area contributed by atoms with Crippen molar-refractivity contribution in [3.05, 3.63) is 46.8 Å². The molecule has 0 atom stereocenters. The van der Waals surface area contributed by atoms with E-state index in [1.165, 1.54) is 0 Å². The molecule has 1 aromatic carbocycles. The first-order valence-electron chi connectivity index (χ1n) is 6.45. The zero-order valence-corrected chi connectivity index (χ0v) is 10.6. The monoisotopic (exact) mass is 256 g/mol. The molecule has 98 valence electrons. The molecule has 0 aliphatic carbocycles. The molecule has 1 saturated heterocycles. The van der Waals surface area contributed by atoms with Crippen LogP contribution in [0.2, 0.25) is 0 Å². The maximum Gasteiger partial charge on any atom is 0.266 e. The Balaban J connectivity index is 2.06. The Morgan fingerprint density at radius 3 is 2.58 bits per heavy atom. The van der Waals surface area contributed by atoms with E-state index in [4.69, 9.17) is 0 Å². The Labute approximate surface area is 111 Å². The van der Waals surface area contributed by atoms with Crippen LogP contribution in [0.5, 0.6) is 0 Å². The van der Waals surface area contributed by atoms with Crippen molar-refractivity contribution in [1.29, 1.82) is 0 Å². The molecular weight excluding hydrogens is 240 g/mol. The Morgan fingerprint density at radius 1 is 1.11 bits per heavy atom. The van der Waals surface area contributed by atoms with Gasteiger partial charge in [0.15, 0.2) is 0 Å². The number of nitrogens with zero attached hydrogens (tertiary/aromatic N) is 2. The van der Waals surface area contributed by atoms with Crippen LogP contribution in [0.3, 0.4) is 0 Å². The van der Waals surface area contributed by atoms with E-state index in [2.05, 4.69) is 20.4 Å². The third kappa shape index (κ3) is 2.51. The maximum atomic E-state index is 11.6. The van der Waals surface area contributed by atoms with Crippen molar-refractivity contribution in [2.75, 3.05) is 31.1 Å². The van der Waals surface area contributed by atoms with Gasteiger partial charge in [0.1, 0.15) is 5.69 Å². The first-order chi connectivity index (χ1) is 9.34. The smallest absolute Gasteiger partial charge is 0.266 e. The molecule has 0 amide bonds. The maximum absolute atomic E-state index is 11.6. The fourth-order valence-corrected chi connectivity index (χ4v) is 2.35. The van der Waals surface area contributed by atoms with Crippen LogP contribution < -0.4 is 15.8 Å². The standard InChI is InChI=1S/C14H16N4O/c19-13-10-12(18-8-6-15-7-9-18)14(17-16-13)11-4-2-1-3-5-11/h1-5,10,15H,6-9H2,(H,16,19). The minimum Gasteiger partial charge on any atom is -0.367 e. The van der Waals surface area contributed by atoms with Crippen LogP contribution in [0, 0.1) is 0 Å². The number of aromatic nitrogens is 2. The Bertz CT molecular complexity index is 602. The lowest BCUT2D eigenvalue weighted by molar-refractivity contribution is 0.588. The van der Waals surface area contributed by atoms with Gasteiger partial charge in [-0.2, -0.15) is 5.10 Å². The van der Waals surface area contributed by atoms with Gasteiger partial charge >= 0.3 is 0 Å². The third-order valence-electron chi connectivity index (χ3n) is 3.29. The lowest BCUT2D eigenvalue weighted by Crippen LogP contribution is -2.44. The number of benzene rings is 1. The highest BCUT2D eigenvalue weighted by Crippen LogP contribution is 2.26. The quantitative estimate of drug-likeness (QED) is 0.836. The molecule has 0 unspecified atom stereocenters. The van der Waals surface area contributed by atoms with Crippen LogP contribution in [0.1, 0.15) is 0 Å². The van der Waals surface area contributed by atoms with Crippen LogP contribution >= 0.6 is 0 Å². The summed E-state index contributed by atoms with van der Waals surface area (Å²) in [4.78, 5) is 13.8. The minimum absolute atomic E-state index is 0.159. The topological polar surface area (TPSA) is 61.0 Å². The van der Waals surface area contributed by atoms with Gasteiger partial charge in [-0.05, 0) is 0 Å². The van der Waals surface area contributed by atoms with E-state index in [1.807, 2.05) is 30.3 Å². The largest absolute Gasteiger partial charge is 0.367 e. The SMILES string of the molecule is O=c1cc(N2CCNCC2)c(-c2ccccc2)n[nH]1. The number of hydrogen-bond acceptors (Lipinski definition) is 4. The molecule has 1 aliphatic heterocycles. The molecule has 3 rings (SSSR count). The van der Waals surface area contributed by atoms with Gasteiger partial charge in [0, 0.05) is 37.8 Å². The number of rotatable bonds is 2. The zero-order valence-electron chi connectivity index (χ0n) is 10.6. The van der Waals surface area contributed by atoms with E-state index < -0.39 is 0 Å². The number of piperazine rings is 1. The van der Waals surface area contributed by atoms with Crippen molar-refractivity contribution in [3.8, 4) is 11.3 Å². The second-order valence-electron chi connectivity index (χ2n) is 4.57. The lowest BCUT2D eigenvalue weighted by Gasteiger charge is -2.30. The molecule has 0 bridgehead atoms. The number of nitrogens with one attached hydrogen (secondary N) is 2. The fourth-order valence-electron chi connectivity index (χ4n) is 2.35. The molecule has 0 spiro atoms. The summed E-state index contributed by atoms with van der Waals surface area (Å²) in [5.41, 5.74) is 2.61. The molecule has 5 nitrogen and oxygen atoms in total. The van der Waals surface area contributed by atoms with Gasteiger partial charge in [0.05, 0.1) is 5.69 Å². The number of anilines is 1. The highest BCUT2D eigenvalue weighted by atomic mass is 16.1. The highest BCUT2D eigenvalue weighted by molar-refractivity contribution is 5.74. The number of aromatic amines is 1. The summed E-state index contributed by atoms with van der Waals surface area (Å²) in [6.07, 6.45) is 0. The van der Waals surface area contributed by atoms with Gasteiger partial charge in [-0.25, -0.2) is 5.10 Å². The van der Waals surface area contributed by atoms with Crippen LogP contribution in [-0.2, 0) is 0 Å². The first kappa shape index (κ1) is 11.9. The van der Waals surface area contributed by atoms with Crippen molar-refractivity contribution < 1.29 is 0 Å². The van der Waals surface area contributed by atoms with E-state index >= 15 is 0 Å². The summed E-state index contributed by atoms with van der Waals surface area (Å²) < 4.78 is 0. The van der Waals surface area contributed by atoms with Gasteiger partial charge < -0.3 is 10.2 Å². The molecule has 5 heteroatoms. The van der Waals surface area contributed by atoms with Gasteiger partial charge in [0.25, 0.3) is 5.56 Å². The second-order valence-corrected chi connectivity index (χ2v) is 4.57. The molecular formula is C14H16N4O. The van der Waals surface area contributed by atoms with Gasteiger partial charge in [-0.15, -0.1) is 0 Å². The number of H-pyrrole nitrogens is 1. The van der Waals surface area contributed by atoms with E-state index in [9.17, 15) is 4.79 Å². The molecule has 1 aromatic heterocycles. The normalized spacial score (nSPS) is 15.5. The molecule has 1 aliphatic rings. The van der Waals surface area contributed by atoms with E-state index in [-0.39, 0.29) is 5.56 Å². The average Bonchev–Trinajstić information content (AvgIpc) is 2.49. The summed E-state index contributed by atoms with van der Waals surface area (Å²) in [5, 5.41) is 10.1. The molecule has 19 heavy (non-hydrogen) atoms. The van der Waals surface area contributed by atoms with Crippen LogP contribution in [-0.4, -0.2) is 36.4 Å². The van der Waals surface area contributed by atoms with E-state index in [0.717, 1.165) is 43.1 Å². The van der Waals surface area contributed by atoms with Crippen molar-refractivity contribution >= 4 is 5.69 Å². The van der Waals surface area contributed by atoms with E-state index in [1.54, 1.807) is 6.07 Å². The van der Waals surface area contributed by atoms with Crippen LogP contribution in [0.25, 0.3) is 11.3 Å². The van der Waals surface area contributed by atoms with E-state index in [0.29, 0.717) is 0 Å². The first-order valence-corrected chi connectivity index (χ1v) is 6.45. The lowest BCUT2D eigenvalue weighted by atomic mass is 10.1. The van der Waals surface area contributed by atoms with Gasteiger partial charge in [-0.3, -0.25) is 4.79 Å². The number of hydrogen-bond donors (Lipinski definition) is 2. The summed E-state index contributed by atoms with van der Waals surface area (Å²) in [5.74, 6) is 0. The second kappa shape index (κ2) is 5.24. The van der Waals surface area contributed by atoms with Crippen molar-refractivity contribution in [3.63, 3.8) is 0 Å². The van der Waals surface area contributed by atoms with Gasteiger partial charge in [-0.1, -0.05) is 30.3 Å². The summed E-state index contributed by atoms with van der Waals surface area (Å²) in [7, 11) is 0. The molecule has 2 heterocycles. The summed E-state index contributed by atoms with van der Waals surface area (Å²) >= 11 is 0. The van der Waals surface area contributed by atoms with Crippen molar-refractivity contribution in [2.24, 2.45) is 0 Å². The summed E-state index contributed by atoms with van der Waals surface area (Å²) in [6, 6.07) is 11.6. The highest BCUT2D eigenvalue weighted by Gasteiger charge is 2.16. The predicted molar refractivity (Wildman–Crippen MR) is 75.4 cm³/mol. The molecule has 0 radical (unpaired) electrons. The molecule has 2 N–H and O–H groups in total. The third-order valence-corrected chi connectivity index (χ3v) is 3.29. The van der Waals surface area contributed by atoms with Gasteiger partial charge in [0.2, 0.25) is 0 Å². The Morgan fingerprint density at radius 2 is 1.84 bits per heavy atom. The Hall–Kier alpha value is -2.14. The van der Waals surface area contributed by atoms with Crippen molar-refractivity contribution in [1.82, 2.24) is 15.5 Å². The van der Waals surface area contributed by atoms with Crippen molar-refractivity contribution in [2.45, 2.75) is 0 Å². The minimum atomic E-state index is -0.159. The fraction of sp³-hybridized carbons (Fsp3) is 0.286. The molecule has 0 saturated carbocycles. The van der Waals surface area contributed by atoms with Crippen LogP contribution in [0.15, 0.2) is 41.2 Å². The molecule has 1 fully saturated rings. The average molecular weight is 256 g/mol. The zero-order chi connectivity index (χ0) is 13.1. The molecule has 2 aromatic rings. The Kier molecular flexibility index (Phi) is 3.29. The predicted octanol–water partition coefficient (Wildman–Crippen LogP) is 0.846. The summed E-state index contributed by atoms with van der Waals surface area (Å²) in [6.45, 7) is 3.65. The van der Waals surface area contributed by atoms with Crippen LogP contribution in [0.4, 0.5) is 5.69 Å².